The van der Waals surface area contributed by atoms with E-state index in [1.54, 1.807) is 20.8 Å². The molecule has 1 aliphatic rings. The number of sulfone groups is 1. The minimum atomic E-state index is -4.93. The molecular formula is C27H41F3N4O7S. The van der Waals surface area contributed by atoms with Crippen LogP contribution in [0.25, 0.3) is 0 Å². The van der Waals surface area contributed by atoms with Crippen molar-refractivity contribution >= 4 is 33.6 Å². The smallest absolute Gasteiger partial charge is 0.443 e. The molecule has 1 aliphatic carbocycles. The van der Waals surface area contributed by atoms with Gasteiger partial charge in [0, 0.05) is 24.4 Å². The number of urea groups is 1. The molecule has 1 aromatic carbocycles. The molecule has 1 aromatic rings. The number of benzene rings is 1. The number of hydrogen-bond donors (Lipinski definition) is 2. The summed E-state index contributed by atoms with van der Waals surface area (Å²) in [4.78, 5) is 41.5. The van der Waals surface area contributed by atoms with Gasteiger partial charge < -0.3 is 25.0 Å². The van der Waals surface area contributed by atoms with Gasteiger partial charge in [-0.05, 0) is 91.1 Å². The van der Waals surface area contributed by atoms with Gasteiger partial charge in [0.2, 0.25) is 5.91 Å². The van der Waals surface area contributed by atoms with E-state index in [2.05, 4.69) is 20.3 Å². The second kappa shape index (κ2) is 13.9. The summed E-state index contributed by atoms with van der Waals surface area (Å²) in [5, 5.41) is 5.15. The number of carbonyl (C=O) groups excluding carboxylic acids is 3. The van der Waals surface area contributed by atoms with Crippen molar-refractivity contribution in [1.29, 1.82) is 0 Å². The summed E-state index contributed by atoms with van der Waals surface area (Å²) < 4.78 is 71.0. The number of carbonyl (C=O) groups is 3. The Hall–Kier alpha value is -3.07. The average Bonchev–Trinajstić information content (AvgIpc) is 2.81. The molecule has 0 aliphatic heterocycles. The number of amides is 4. The second-order valence-electron chi connectivity index (χ2n) is 11.8. The first-order valence-corrected chi connectivity index (χ1v) is 15.6. The number of rotatable bonds is 9. The van der Waals surface area contributed by atoms with Gasteiger partial charge in [-0.25, -0.2) is 18.0 Å². The SMILES string of the molecule is CC(C)N(C)[C@@H]1CC[C@H](NC(=O)CNC(=O)N(C(=O)OC(C)(C)C)c2ccc(OC(F)(F)F)cc2)[C@H](CS(C)(=O)=O)C1. The highest BCUT2D eigenvalue weighted by Crippen LogP contribution is 2.30. The van der Waals surface area contributed by atoms with Crippen LogP contribution in [0, 0.1) is 5.92 Å². The predicted molar refractivity (Wildman–Crippen MR) is 151 cm³/mol. The lowest BCUT2D eigenvalue weighted by Gasteiger charge is -2.41. The summed E-state index contributed by atoms with van der Waals surface area (Å²) >= 11 is 0. The highest BCUT2D eigenvalue weighted by molar-refractivity contribution is 7.90. The number of ether oxygens (including phenoxy) is 2. The van der Waals surface area contributed by atoms with Crippen LogP contribution in [0.2, 0.25) is 0 Å². The molecule has 11 nitrogen and oxygen atoms in total. The minimum absolute atomic E-state index is 0.104. The van der Waals surface area contributed by atoms with Crippen LogP contribution in [0.15, 0.2) is 24.3 Å². The second-order valence-corrected chi connectivity index (χ2v) is 14.0. The molecule has 0 spiro atoms. The van der Waals surface area contributed by atoms with E-state index in [9.17, 15) is 36.0 Å². The van der Waals surface area contributed by atoms with Crippen LogP contribution in [0.5, 0.6) is 5.75 Å². The maximum absolute atomic E-state index is 13.1. The summed E-state index contributed by atoms with van der Waals surface area (Å²) in [6.45, 7) is 8.24. The lowest BCUT2D eigenvalue weighted by Crippen LogP contribution is -2.53. The Morgan fingerprint density at radius 3 is 2.17 bits per heavy atom. The van der Waals surface area contributed by atoms with E-state index in [1.807, 2.05) is 20.9 Å². The Labute approximate surface area is 245 Å². The van der Waals surface area contributed by atoms with Crippen LogP contribution in [-0.4, -0.2) is 87.0 Å². The molecule has 2 N–H and O–H groups in total. The van der Waals surface area contributed by atoms with Crippen LogP contribution >= 0.6 is 0 Å². The molecule has 15 heteroatoms. The third kappa shape index (κ3) is 11.7. The molecule has 42 heavy (non-hydrogen) atoms. The molecular weight excluding hydrogens is 581 g/mol. The lowest BCUT2D eigenvalue weighted by molar-refractivity contribution is -0.274. The Balaban J connectivity index is 2.14. The highest BCUT2D eigenvalue weighted by atomic mass is 32.2. The van der Waals surface area contributed by atoms with Gasteiger partial charge >= 0.3 is 18.5 Å². The number of halogens is 3. The van der Waals surface area contributed by atoms with Gasteiger partial charge in [-0.3, -0.25) is 4.79 Å². The summed E-state index contributed by atoms with van der Waals surface area (Å²) in [6, 6.07) is 2.89. The Bertz CT molecular complexity index is 1200. The van der Waals surface area contributed by atoms with Gasteiger partial charge in [0.25, 0.3) is 0 Å². The Morgan fingerprint density at radius 1 is 1.07 bits per heavy atom. The van der Waals surface area contributed by atoms with Crippen molar-refractivity contribution in [3.63, 3.8) is 0 Å². The normalized spacial score (nSPS) is 19.8. The van der Waals surface area contributed by atoms with E-state index in [0.29, 0.717) is 17.7 Å². The number of alkyl halides is 3. The van der Waals surface area contributed by atoms with Crippen LogP contribution in [0.3, 0.4) is 0 Å². The van der Waals surface area contributed by atoms with Gasteiger partial charge in [0.1, 0.15) is 21.2 Å². The van der Waals surface area contributed by atoms with E-state index in [0.717, 1.165) is 36.9 Å². The fourth-order valence-corrected chi connectivity index (χ4v) is 5.84. The molecule has 4 amide bonds. The van der Waals surface area contributed by atoms with Crippen molar-refractivity contribution in [1.82, 2.24) is 15.5 Å². The average molecular weight is 623 g/mol. The topological polar surface area (TPSA) is 134 Å². The zero-order valence-electron chi connectivity index (χ0n) is 24.9. The number of nitrogens with zero attached hydrogens (tertiary/aromatic N) is 2. The van der Waals surface area contributed by atoms with Crippen molar-refractivity contribution < 1.29 is 45.4 Å². The summed E-state index contributed by atoms with van der Waals surface area (Å²) in [5.74, 6) is -1.60. The van der Waals surface area contributed by atoms with Gasteiger partial charge in [-0.15, -0.1) is 13.2 Å². The zero-order valence-corrected chi connectivity index (χ0v) is 25.8. The van der Waals surface area contributed by atoms with Crippen LogP contribution in [0.1, 0.15) is 53.9 Å². The van der Waals surface area contributed by atoms with Crippen molar-refractivity contribution in [2.45, 2.75) is 84.0 Å². The maximum atomic E-state index is 13.1. The summed E-state index contributed by atoms with van der Waals surface area (Å²) in [7, 11) is -1.36. The number of anilines is 1. The van der Waals surface area contributed by atoms with Gasteiger partial charge in [-0.1, -0.05) is 0 Å². The third-order valence-corrected chi connectivity index (χ3v) is 7.75. The molecule has 0 aromatic heterocycles. The molecule has 0 unspecified atom stereocenters. The number of hydrogen-bond acceptors (Lipinski definition) is 8. The Morgan fingerprint density at radius 2 is 1.67 bits per heavy atom. The van der Waals surface area contributed by atoms with E-state index < -0.39 is 58.2 Å². The van der Waals surface area contributed by atoms with Gasteiger partial charge in [-0.2, -0.15) is 4.90 Å². The molecule has 0 heterocycles. The van der Waals surface area contributed by atoms with E-state index in [-0.39, 0.29) is 29.4 Å². The first-order valence-electron chi connectivity index (χ1n) is 13.5. The molecule has 0 radical (unpaired) electrons. The fraction of sp³-hybridized carbons (Fsp3) is 0.667. The van der Waals surface area contributed by atoms with Gasteiger partial charge in [0.15, 0.2) is 0 Å². The maximum Gasteiger partial charge on any atom is 0.573 e. The van der Waals surface area contributed by atoms with Gasteiger partial charge in [0.05, 0.1) is 18.0 Å². The highest BCUT2D eigenvalue weighted by Gasteiger charge is 2.36. The summed E-state index contributed by atoms with van der Waals surface area (Å²) in [6.07, 6.45) is -3.05. The van der Waals surface area contributed by atoms with Crippen LogP contribution in [0.4, 0.5) is 28.4 Å². The summed E-state index contributed by atoms with van der Waals surface area (Å²) in [5.41, 5.74) is -1.14. The van der Waals surface area contributed by atoms with Crippen molar-refractivity contribution in [3.05, 3.63) is 24.3 Å². The minimum Gasteiger partial charge on any atom is -0.443 e. The van der Waals surface area contributed by atoms with E-state index in [4.69, 9.17) is 4.74 Å². The Kier molecular flexibility index (Phi) is 11.7. The molecule has 0 saturated heterocycles. The molecule has 3 atom stereocenters. The standard InChI is InChI=1S/C27H41F3N4O7S/c1-17(2)33(6)20-10-13-22(18(14-20)16-42(7,38)39)32-23(35)15-31-24(36)34(25(37)41-26(3,4)5)19-8-11-21(12-9-19)40-27(28,29)30/h8-9,11-12,17-18,20,22H,10,13-16H2,1-7H3,(H,31,36)(H,32,35)/t18-,20+,22-/m0/s1. The molecule has 0 bridgehead atoms. The van der Waals surface area contributed by atoms with E-state index in [1.165, 1.54) is 0 Å². The monoisotopic (exact) mass is 622 g/mol. The van der Waals surface area contributed by atoms with Crippen molar-refractivity contribution in [3.8, 4) is 5.75 Å². The zero-order chi connectivity index (χ0) is 32.0. The molecule has 1 fully saturated rings. The third-order valence-electron chi connectivity index (χ3n) is 6.72. The molecule has 2 rings (SSSR count). The lowest BCUT2D eigenvalue weighted by atomic mass is 9.81. The molecule has 238 valence electrons. The van der Waals surface area contributed by atoms with Crippen LogP contribution < -0.4 is 20.3 Å². The van der Waals surface area contributed by atoms with E-state index >= 15 is 0 Å². The first-order chi connectivity index (χ1) is 19.1. The van der Waals surface area contributed by atoms with Crippen LogP contribution in [-0.2, 0) is 19.4 Å². The predicted octanol–water partition coefficient (Wildman–Crippen LogP) is 4.07. The quantitative estimate of drug-likeness (QED) is 0.421. The fourth-order valence-electron chi connectivity index (χ4n) is 4.70. The largest absolute Gasteiger partial charge is 0.573 e. The van der Waals surface area contributed by atoms with Crippen molar-refractivity contribution in [2.75, 3.05) is 30.5 Å². The van der Waals surface area contributed by atoms with Crippen molar-refractivity contribution in [2.24, 2.45) is 5.92 Å². The first kappa shape index (κ1) is 35.1. The number of imide groups is 1. The molecule has 1 saturated carbocycles. The number of nitrogens with one attached hydrogen (secondary N) is 2.